The summed E-state index contributed by atoms with van der Waals surface area (Å²) < 4.78 is 0. The number of aromatic nitrogens is 1. The highest BCUT2D eigenvalue weighted by atomic mass is 15.2. The van der Waals surface area contributed by atoms with Crippen LogP contribution in [0.25, 0.3) is 0 Å². The second kappa shape index (κ2) is 6.38. The maximum atomic E-state index is 5.93. The van der Waals surface area contributed by atoms with Crippen molar-refractivity contribution in [2.24, 2.45) is 5.73 Å². The van der Waals surface area contributed by atoms with Gasteiger partial charge in [0.05, 0.1) is 0 Å². The van der Waals surface area contributed by atoms with Crippen LogP contribution in [0.15, 0.2) is 6.07 Å². The minimum absolute atomic E-state index is 0.518. The molecule has 1 aliphatic rings. The van der Waals surface area contributed by atoms with Crippen LogP contribution in [-0.4, -0.2) is 18.1 Å². The molecule has 106 valence electrons. The smallest absolute Gasteiger partial charge is 0.133 e. The van der Waals surface area contributed by atoms with Crippen LogP contribution in [0.1, 0.15) is 56.4 Å². The van der Waals surface area contributed by atoms with Gasteiger partial charge in [0.15, 0.2) is 0 Å². The average Bonchev–Trinajstić information content (AvgIpc) is 2.45. The van der Waals surface area contributed by atoms with Crippen LogP contribution < -0.4 is 10.6 Å². The predicted octanol–water partition coefficient (Wildman–Crippen LogP) is 3.04. The van der Waals surface area contributed by atoms with E-state index in [1.165, 1.54) is 48.9 Å². The van der Waals surface area contributed by atoms with Crippen molar-refractivity contribution in [3.8, 4) is 0 Å². The third kappa shape index (κ3) is 3.08. The number of aryl methyl sites for hydroxylation is 2. The molecule has 2 N–H and O–H groups in total. The van der Waals surface area contributed by atoms with Crippen LogP contribution in [0.4, 0.5) is 5.82 Å². The molecule has 0 spiro atoms. The molecule has 0 bridgehead atoms. The number of hydrogen-bond donors (Lipinski definition) is 1. The minimum Gasteiger partial charge on any atom is -0.357 e. The van der Waals surface area contributed by atoms with Crippen LogP contribution in [-0.2, 0) is 19.4 Å². The molecule has 19 heavy (non-hydrogen) atoms. The van der Waals surface area contributed by atoms with Gasteiger partial charge >= 0.3 is 0 Å². The number of nitrogens with two attached hydrogens (primary N) is 1. The summed E-state index contributed by atoms with van der Waals surface area (Å²) in [6.45, 7) is 5.08. The summed E-state index contributed by atoms with van der Waals surface area (Å²) in [4.78, 5) is 7.24. The molecule has 0 radical (unpaired) electrons. The molecule has 1 aliphatic carbocycles. The van der Waals surface area contributed by atoms with Gasteiger partial charge in [0.1, 0.15) is 5.82 Å². The van der Waals surface area contributed by atoms with E-state index in [1.54, 1.807) is 0 Å². The molecule has 0 saturated carbocycles. The van der Waals surface area contributed by atoms with Gasteiger partial charge in [0, 0.05) is 30.9 Å². The second-order valence-corrected chi connectivity index (χ2v) is 5.74. The normalized spacial score (nSPS) is 16.0. The Hall–Kier alpha value is -1.09. The van der Waals surface area contributed by atoms with Gasteiger partial charge in [-0.15, -0.1) is 0 Å². The van der Waals surface area contributed by atoms with Gasteiger partial charge in [-0.3, -0.25) is 0 Å². The summed E-state index contributed by atoms with van der Waals surface area (Å²) in [5, 5.41) is 0. The van der Waals surface area contributed by atoms with Gasteiger partial charge in [-0.1, -0.05) is 13.3 Å². The van der Waals surface area contributed by atoms with Crippen molar-refractivity contribution in [2.45, 2.75) is 65.0 Å². The van der Waals surface area contributed by atoms with E-state index in [9.17, 15) is 0 Å². The quantitative estimate of drug-likeness (QED) is 0.886. The topological polar surface area (TPSA) is 42.2 Å². The third-order valence-electron chi connectivity index (χ3n) is 4.28. The Morgan fingerprint density at radius 1 is 1.37 bits per heavy atom. The number of fused-ring (bicyclic) bond motifs is 1. The summed E-state index contributed by atoms with van der Waals surface area (Å²) in [6.07, 6.45) is 7.26. The van der Waals surface area contributed by atoms with Crippen molar-refractivity contribution >= 4 is 5.82 Å². The van der Waals surface area contributed by atoms with Crippen molar-refractivity contribution in [1.29, 1.82) is 0 Å². The molecule has 3 heteroatoms. The van der Waals surface area contributed by atoms with E-state index in [-0.39, 0.29) is 0 Å². The fourth-order valence-electron chi connectivity index (χ4n) is 2.95. The van der Waals surface area contributed by atoms with Crippen LogP contribution in [0.5, 0.6) is 0 Å². The molecule has 3 nitrogen and oxygen atoms in total. The molecule has 0 aromatic carbocycles. The highest BCUT2D eigenvalue weighted by Gasteiger charge is 2.19. The van der Waals surface area contributed by atoms with Crippen molar-refractivity contribution in [3.05, 3.63) is 22.9 Å². The molecule has 1 aromatic rings. The molecular weight excluding hydrogens is 234 g/mol. The maximum absolute atomic E-state index is 5.93. The summed E-state index contributed by atoms with van der Waals surface area (Å²) in [6, 6.07) is 2.82. The Morgan fingerprint density at radius 3 is 2.79 bits per heavy atom. The van der Waals surface area contributed by atoms with Crippen molar-refractivity contribution in [3.63, 3.8) is 0 Å². The van der Waals surface area contributed by atoms with Crippen LogP contribution in [0.2, 0.25) is 0 Å². The zero-order valence-electron chi connectivity index (χ0n) is 12.6. The Balaban J connectivity index is 2.32. The zero-order valence-corrected chi connectivity index (χ0v) is 12.6. The molecule has 0 saturated heterocycles. The number of hydrogen-bond acceptors (Lipinski definition) is 3. The SMILES string of the molecule is CCCC(C)N(C)c1nc2c(cc1CN)CCCC2. The van der Waals surface area contributed by atoms with Crippen molar-refractivity contribution in [2.75, 3.05) is 11.9 Å². The monoisotopic (exact) mass is 261 g/mol. The van der Waals surface area contributed by atoms with E-state index in [0.717, 1.165) is 12.2 Å². The standard InChI is InChI=1S/C16H27N3/c1-4-7-12(2)19(3)16-14(11-17)10-13-8-5-6-9-15(13)18-16/h10,12H,4-9,11,17H2,1-3H3. The fraction of sp³-hybridized carbons (Fsp3) is 0.688. The lowest BCUT2D eigenvalue weighted by Gasteiger charge is -2.29. The first-order valence-electron chi connectivity index (χ1n) is 7.62. The first-order chi connectivity index (χ1) is 9.17. The van der Waals surface area contributed by atoms with Crippen molar-refractivity contribution < 1.29 is 0 Å². The van der Waals surface area contributed by atoms with E-state index in [4.69, 9.17) is 10.7 Å². The van der Waals surface area contributed by atoms with Crippen molar-refractivity contribution in [1.82, 2.24) is 4.98 Å². The number of anilines is 1. The van der Waals surface area contributed by atoms with Gasteiger partial charge < -0.3 is 10.6 Å². The van der Waals surface area contributed by atoms with Gasteiger partial charge in [0.25, 0.3) is 0 Å². The summed E-state index contributed by atoms with van der Waals surface area (Å²) in [5.74, 6) is 1.10. The molecule has 0 amide bonds. The Morgan fingerprint density at radius 2 is 2.11 bits per heavy atom. The van der Waals surface area contributed by atoms with E-state index >= 15 is 0 Å². The minimum atomic E-state index is 0.518. The summed E-state index contributed by atoms with van der Waals surface area (Å²) in [7, 11) is 2.15. The lowest BCUT2D eigenvalue weighted by atomic mass is 9.94. The largest absolute Gasteiger partial charge is 0.357 e. The predicted molar refractivity (Wildman–Crippen MR) is 81.5 cm³/mol. The van der Waals surface area contributed by atoms with E-state index in [0.29, 0.717) is 12.6 Å². The van der Waals surface area contributed by atoms with Crippen LogP contribution >= 0.6 is 0 Å². The van der Waals surface area contributed by atoms with Gasteiger partial charge in [0.2, 0.25) is 0 Å². The average molecular weight is 261 g/mol. The number of rotatable bonds is 5. The lowest BCUT2D eigenvalue weighted by Crippen LogP contribution is -2.31. The molecule has 0 fully saturated rings. The Bertz CT molecular complexity index is 428. The Labute approximate surface area is 117 Å². The first kappa shape index (κ1) is 14.3. The zero-order chi connectivity index (χ0) is 13.8. The first-order valence-corrected chi connectivity index (χ1v) is 7.62. The molecule has 1 heterocycles. The molecular formula is C16H27N3. The lowest BCUT2D eigenvalue weighted by molar-refractivity contribution is 0.603. The number of nitrogens with zero attached hydrogens (tertiary/aromatic N) is 2. The second-order valence-electron chi connectivity index (χ2n) is 5.74. The molecule has 2 rings (SSSR count). The van der Waals surface area contributed by atoms with Gasteiger partial charge in [-0.25, -0.2) is 4.98 Å². The van der Waals surface area contributed by atoms with Crippen LogP contribution in [0, 0.1) is 0 Å². The highest BCUT2D eigenvalue weighted by Crippen LogP contribution is 2.27. The Kier molecular flexibility index (Phi) is 4.81. The van der Waals surface area contributed by atoms with Gasteiger partial charge in [-0.2, -0.15) is 0 Å². The van der Waals surface area contributed by atoms with E-state index in [2.05, 4.69) is 31.9 Å². The van der Waals surface area contributed by atoms with Crippen LogP contribution in [0.3, 0.4) is 0 Å². The van der Waals surface area contributed by atoms with E-state index < -0.39 is 0 Å². The van der Waals surface area contributed by atoms with E-state index in [1.807, 2.05) is 0 Å². The molecule has 1 aromatic heterocycles. The summed E-state index contributed by atoms with van der Waals surface area (Å²) in [5.41, 5.74) is 9.85. The fourth-order valence-corrected chi connectivity index (χ4v) is 2.95. The number of pyridine rings is 1. The molecule has 1 atom stereocenters. The molecule has 1 unspecified atom stereocenters. The van der Waals surface area contributed by atoms with Gasteiger partial charge in [-0.05, 0) is 50.7 Å². The maximum Gasteiger partial charge on any atom is 0.133 e. The molecule has 0 aliphatic heterocycles. The summed E-state index contributed by atoms with van der Waals surface area (Å²) >= 11 is 0. The third-order valence-corrected chi connectivity index (χ3v) is 4.28. The highest BCUT2D eigenvalue weighted by molar-refractivity contribution is 5.50.